The summed E-state index contributed by atoms with van der Waals surface area (Å²) >= 11 is 0. The van der Waals surface area contributed by atoms with Gasteiger partial charge in [-0.3, -0.25) is 14.5 Å². The summed E-state index contributed by atoms with van der Waals surface area (Å²) in [7, 11) is 1.64. The van der Waals surface area contributed by atoms with E-state index < -0.39 is 0 Å². The number of carbonyl (C=O) groups excluding carboxylic acids is 1. The lowest BCUT2D eigenvalue weighted by atomic mass is 10.0. The third-order valence-corrected chi connectivity index (χ3v) is 5.19. The lowest BCUT2D eigenvalue weighted by Gasteiger charge is -2.30. The van der Waals surface area contributed by atoms with Gasteiger partial charge < -0.3 is 15.0 Å². The number of fused-ring (bicyclic) bond motifs is 1. The maximum absolute atomic E-state index is 12.8. The van der Waals surface area contributed by atoms with Gasteiger partial charge in [0.1, 0.15) is 11.4 Å². The molecule has 3 rings (SSSR count). The van der Waals surface area contributed by atoms with Crippen LogP contribution in [0.15, 0.2) is 59.4 Å². The van der Waals surface area contributed by atoms with Crippen molar-refractivity contribution in [2.75, 3.05) is 26.7 Å². The van der Waals surface area contributed by atoms with Crippen LogP contribution in [0, 0.1) is 0 Å². The summed E-state index contributed by atoms with van der Waals surface area (Å²) in [4.78, 5) is 30.0. The molecule has 0 bridgehead atoms. The van der Waals surface area contributed by atoms with Crippen LogP contribution >= 0.6 is 0 Å². The number of methoxy groups -OCH3 is 1. The van der Waals surface area contributed by atoms with Crippen molar-refractivity contribution in [1.29, 1.82) is 0 Å². The fourth-order valence-corrected chi connectivity index (χ4v) is 3.59. The van der Waals surface area contributed by atoms with Crippen LogP contribution in [-0.2, 0) is 0 Å². The van der Waals surface area contributed by atoms with Gasteiger partial charge in [-0.25, -0.2) is 0 Å². The molecule has 1 aromatic heterocycles. The summed E-state index contributed by atoms with van der Waals surface area (Å²) in [5.74, 6) is 0.484. The Hall–Kier alpha value is -3.12. The molecule has 3 aromatic rings. The van der Waals surface area contributed by atoms with Crippen LogP contribution in [0.1, 0.15) is 35.9 Å². The van der Waals surface area contributed by atoms with Gasteiger partial charge in [0.15, 0.2) is 0 Å². The van der Waals surface area contributed by atoms with E-state index in [4.69, 9.17) is 4.74 Å². The number of aromatic nitrogens is 1. The SMILES string of the molecule is CCN(CC)C(CNC(=O)c1cc2ccccc2c(=O)[nH]1)c1cccc(OC)c1. The van der Waals surface area contributed by atoms with Crippen molar-refractivity contribution in [3.05, 3.63) is 76.2 Å². The van der Waals surface area contributed by atoms with Crippen molar-refractivity contribution in [3.63, 3.8) is 0 Å². The van der Waals surface area contributed by atoms with Crippen molar-refractivity contribution in [2.45, 2.75) is 19.9 Å². The standard InChI is InChI=1S/C23H27N3O3/c1-4-26(5-2)21(17-10-8-11-18(13-17)29-3)15-24-23(28)20-14-16-9-6-7-12-19(16)22(27)25-20/h6-14,21H,4-5,15H2,1-3H3,(H,24,28)(H,25,27). The van der Waals surface area contributed by atoms with Crippen LogP contribution in [0.2, 0.25) is 0 Å². The topological polar surface area (TPSA) is 74.4 Å². The number of amides is 1. The van der Waals surface area contributed by atoms with Crippen molar-refractivity contribution in [2.24, 2.45) is 0 Å². The summed E-state index contributed by atoms with van der Waals surface area (Å²) < 4.78 is 5.36. The summed E-state index contributed by atoms with van der Waals surface area (Å²) in [6, 6.07) is 16.8. The van der Waals surface area contributed by atoms with Crippen molar-refractivity contribution in [3.8, 4) is 5.75 Å². The van der Waals surface area contributed by atoms with Crippen molar-refractivity contribution < 1.29 is 9.53 Å². The zero-order valence-corrected chi connectivity index (χ0v) is 17.1. The Morgan fingerprint density at radius 1 is 1.10 bits per heavy atom. The molecule has 0 aliphatic heterocycles. The van der Waals surface area contributed by atoms with E-state index in [1.807, 2.05) is 36.4 Å². The number of hydrogen-bond acceptors (Lipinski definition) is 4. The van der Waals surface area contributed by atoms with Crippen LogP contribution in [0.25, 0.3) is 10.8 Å². The molecule has 152 valence electrons. The van der Waals surface area contributed by atoms with E-state index >= 15 is 0 Å². The molecule has 6 heteroatoms. The third-order valence-electron chi connectivity index (χ3n) is 5.19. The highest BCUT2D eigenvalue weighted by molar-refractivity contribution is 5.96. The van der Waals surface area contributed by atoms with Gasteiger partial charge in [0.25, 0.3) is 11.5 Å². The first kappa shape index (κ1) is 20.6. The zero-order chi connectivity index (χ0) is 20.8. The molecule has 0 saturated heterocycles. The van der Waals surface area contributed by atoms with E-state index in [1.165, 1.54) is 0 Å². The number of aromatic amines is 1. The predicted octanol–water partition coefficient (Wildman–Crippen LogP) is 3.35. The summed E-state index contributed by atoms with van der Waals surface area (Å²) in [5.41, 5.74) is 1.07. The number of ether oxygens (including phenoxy) is 1. The van der Waals surface area contributed by atoms with E-state index in [-0.39, 0.29) is 23.2 Å². The monoisotopic (exact) mass is 393 g/mol. The fourth-order valence-electron chi connectivity index (χ4n) is 3.59. The zero-order valence-electron chi connectivity index (χ0n) is 17.1. The summed E-state index contributed by atoms with van der Waals surface area (Å²) in [5, 5.41) is 4.30. The first-order valence-corrected chi connectivity index (χ1v) is 9.85. The minimum Gasteiger partial charge on any atom is -0.497 e. The van der Waals surface area contributed by atoms with Crippen LogP contribution in [-0.4, -0.2) is 42.5 Å². The van der Waals surface area contributed by atoms with Gasteiger partial charge in [-0.1, -0.05) is 44.2 Å². The molecule has 2 aromatic carbocycles. The average Bonchev–Trinajstić information content (AvgIpc) is 2.76. The molecule has 0 saturated carbocycles. The molecule has 0 aliphatic carbocycles. The lowest BCUT2D eigenvalue weighted by molar-refractivity contribution is 0.0930. The minimum absolute atomic E-state index is 0.00349. The third kappa shape index (κ3) is 4.66. The normalized spacial score (nSPS) is 12.1. The Bertz CT molecular complexity index is 1040. The van der Waals surface area contributed by atoms with E-state index in [1.54, 1.807) is 25.3 Å². The van der Waals surface area contributed by atoms with Gasteiger partial charge >= 0.3 is 0 Å². The van der Waals surface area contributed by atoms with Gasteiger partial charge in [-0.2, -0.15) is 0 Å². The second-order valence-corrected chi connectivity index (χ2v) is 6.82. The van der Waals surface area contributed by atoms with Crippen LogP contribution in [0.5, 0.6) is 5.75 Å². The van der Waals surface area contributed by atoms with E-state index in [0.29, 0.717) is 11.9 Å². The van der Waals surface area contributed by atoms with Crippen molar-refractivity contribution >= 4 is 16.7 Å². The summed E-state index contributed by atoms with van der Waals surface area (Å²) in [6.45, 7) is 6.31. The second kappa shape index (κ2) is 9.39. The molecule has 2 N–H and O–H groups in total. The molecule has 0 fully saturated rings. The number of carbonyl (C=O) groups is 1. The molecule has 0 spiro atoms. The fraction of sp³-hybridized carbons (Fsp3) is 0.304. The number of H-pyrrole nitrogens is 1. The molecule has 1 heterocycles. The Morgan fingerprint density at radius 3 is 2.59 bits per heavy atom. The Balaban J connectivity index is 1.83. The highest BCUT2D eigenvalue weighted by Crippen LogP contribution is 2.24. The molecule has 29 heavy (non-hydrogen) atoms. The quantitative estimate of drug-likeness (QED) is 0.616. The minimum atomic E-state index is -0.298. The molecular weight excluding hydrogens is 366 g/mol. The van der Waals surface area contributed by atoms with Gasteiger partial charge in [-0.15, -0.1) is 0 Å². The largest absolute Gasteiger partial charge is 0.497 e. The Morgan fingerprint density at radius 2 is 1.86 bits per heavy atom. The van der Waals surface area contributed by atoms with Gasteiger partial charge in [0.05, 0.1) is 13.2 Å². The molecule has 1 unspecified atom stereocenters. The van der Waals surface area contributed by atoms with Crippen LogP contribution in [0.4, 0.5) is 0 Å². The second-order valence-electron chi connectivity index (χ2n) is 6.82. The Labute approximate surface area is 170 Å². The van der Waals surface area contributed by atoms with E-state index in [9.17, 15) is 9.59 Å². The maximum atomic E-state index is 12.8. The maximum Gasteiger partial charge on any atom is 0.267 e. The highest BCUT2D eigenvalue weighted by atomic mass is 16.5. The van der Waals surface area contributed by atoms with E-state index in [0.717, 1.165) is 29.8 Å². The first-order chi connectivity index (χ1) is 14.1. The highest BCUT2D eigenvalue weighted by Gasteiger charge is 2.20. The average molecular weight is 393 g/mol. The molecule has 0 aliphatic rings. The van der Waals surface area contributed by atoms with Gasteiger partial charge in [0.2, 0.25) is 0 Å². The van der Waals surface area contributed by atoms with Gasteiger partial charge in [-0.05, 0) is 48.3 Å². The molecule has 1 amide bonds. The summed E-state index contributed by atoms with van der Waals surface area (Å²) in [6.07, 6.45) is 0. The van der Waals surface area contributed by atoms with Crippen LogP contribution < -0.4 is 15.6 Å². The Kier molecular flexibility index (Phi) is 6.67. The number of nitrogens with one attached hydrogen (secondary N) is 2. The molecule has 0 radical (unpaired) electrons. The lowest BCUT2D eigenvalue weighted by Crippen LogP contribution is -2.38. The first-order valence-electron chi connectivity index (χ1n) is 9.85. The molecule has 1 atom stereocenters. The van der Waals surface area contributed by atoms with E-state index in [2.05, 4.69) is 29.0 Å². The smallest absolute Gasteiger partial charge is 0.267 e. The predicted molar refractivity (Wildman–Crippen MR) is 116 cm³/mol. The van der Waals surface area contributed by atoms with Gasteiger partial charge in [0, 0.05) is 11.9 Å². The number of pyridine rings is 1. The van der Waals surface area contributed by atoms with Crippen molar-refractivity contribution in [1.82, 2.24) is 15.2 Å². The number of hydrogen-bond donors (Lipinski definition) is 2. The number of nitrogens with zero attached hydrogens (tertiary/aromatic N) is 1. The number of rotatable bonds is 8. The van der Waals surface area contributed by atoms with Crippen LogP contribution in [0.3, 0.4) is 0 Å². The number of likely N-dealkylation sites (N-methyl/N-ethyl adjacent to an activating group) is 1. The number of benzene rings is 2. The molecular formula is C23H27N3O3. The molecule has 6 nitrogen and oxygen atoms in total.